The van der Waals surface area contributed by atoms with Gasteiger partial charge in [-0.1, -0.05) is 19.1 Å². The average molecular weight is 357 g/mol. The Morgan fingerprint density at radius 1 is 1.15 bits per heavy atom. The number of imide groups is 1. The van der Waals surface area contributed by atoms with Gasteiger partial charge >= 0.3 is 0 Å². The third-order valence-electron chi connectivity index (χ3n) is 6.19. The van der Waals surface area contributed by atoms with Crippen LogP contribution < -0.4 is 10.2 Å². The molecule has 0 bridgehead atoms. The lowest BCUT2D eigenvalue weighted by atomic mass is 9.88. The van der Waals surface area contributed by atoms with Gasteiger partial charge in [-0.3, -0.25) is 14.9 Å². The summed E-state index contributed by atoms with van der Waals surface area (Å²) in [5.74, 6) is 0.272. The smallest absolute Gasteiger partial charge is 0.249 e. The molecule has 3 rings (SSSR count). The molecule has 26 heavy (non-hydrogen) atoms. The van der Waals surface area contributed by atoms with E-state index >= 15 is 0 Å². The van der Waals surface area contributed by atoms with E-state index in [2.05, 4.69) is 48.3 Å². The normalized spacial score (nSPS) is 23.6. The van der Waals surface area contributed by atoms with E-state index in [9.17, 15) is 9.59 Å². The standard InChI is InChI=1S/C21H31N3O2/c1-4-15(2)24-13-11-17(12-14-24)16-5-7-18(8-6-16)23(3)19-9-10-20(25)22-21(19)26/h5-8,15,17,19H,4,9-14H2,1-3H3,(H,22,25,26). The number of anilines is 1. The fourth-order valence-corrected chi connectivity index (χ4v) is 4.14. The van der Waals surface area contributed by atoms with Gasteiger partial charge in [-0.15, -0.1) is 0 Å². The molecule has 142 valence electrons. The lowest BCUT2D eigenvalue weighted by molar-refractivity contribution is -0.134. The van der Waals surface area contributed by atoms with Crippen LogP contribution in [0.3, 0.4) is 0 Å². The lowest BCUT2D eigenvalue weighted by Crippen LogP contribution is -2.51. The molecule has 0 radical (unpaired) electrons. The van der Waals surface area contributed by atoms with Gasteiger partial charge in [0.2, 0.25) is 11.8 Å². The number of nitrogens with one attached hydrogen (secondary N) is 1. The van der Waals surface area contributed by atoms with E-state index in [0.717, 1.165) is 5.69 Å². The average Bonchev–Trinajstić information content (AvgIpc) is 2.67. The number of likely N-dealkylation sites (tertiary alicyclic amines) is 1. The number of rotatable bonds is 5. The number of hydrogen-bond acceptors (Lipinski definition) is 4. The molecular formula is C21H31N3O2. The number of piperidine rings is 2. The molecule has 2 aliphatic heterocycles. The summed E-state index contributed by atoms with van der Waals surface area (Å²) >= 11 is 0. The molecule has 0 aromatic heterocycles. The maximum absolute atomic E-state index is 12.1. The SMILES string of the molecule is CCC(C)N1CCC(c2ccc(N(C)C3CCC(=O)NC3=O)cc2)CC1. The zero-order valence-corrected chi connectivity index (χ0v) is 16.2. The molecule has 1 aromatic carbocycles. The minimum absolute atomic E-state index is 0.168. The van der Waals surface area contributed by atoms with E-state index in [4.69, 9.17) is 0 Å². The first-order valence-corrected chi connectivity index (χ1v) is 9.90. The monoisotopic (exact) mass is 357 g/mol. The molecule has 1 N–H and O–H groups in total. The Hall–Kier alpha value is -1.88. The molecule has 5 heteroatoms. The summed E-state index contributed by atoms with van der Waals surface area (Å²) in [6, 6.07) is 9.06. The second-order valence-corrected chi connectivity index (χ2v) is 7.74. The topological polar surface area (TPSA) is 52.6 Å². The quantitative estimate of drug-likeness (QED) is 0.824. The summed E-state index contributed by atoms with van der Waals surface area (Å²) < 4.78 is 0. The molecule has 2 unspecified atom stereocenters. The summed E-state index contributed by atoms with van der Waals surface area (Å²) in [5.41, 5.74) is 2.43. The van der Waals surface area contributed by atoms with Crippen molar-refractivity contribution in [3.05, 3.63) is 29.8 Å². The van der Waals surface area contributed by atoms with Gasteiger partial charge in [0.25, 0.3) is 0 Å². The van der Waals surface area contributed by atoms with Gasteiger partial charge in [0.1, 0.15) is 6.04 Å². The second kappa shape index (κ2) is 8.21. The Kier molecular flexibility index (Phi) is 5.97. The number of carbonyl (C=O) groups excluding carboxylic acids is 2. The van der Waals surface area contributed by atoms with Gasteiger partial charge in [0.15, 0.2) is 0 Å². The molecule has 5 nitrogen and oxygen atoms in total. The van der Waals surface area contributed by atoms with E-state index in [1.165, 1.54) is 37.9 Å². The largest absolute Gasteiger partial charge is 0.363 e. The van der Waals surface area contributed by atoms with Crippen LogP contribution in [0.5, 0.6) is 0 Å². The van der Waals surface area contributed by atoms with Crippen LogP contribution in [0.4, 0.5) is 5.69 Å². The first-order valence-electron chi connectivity index (χ1n) is 9.90. The molecule has 2 aliphatic rings. The van der Waals surface area contributed by atoms with Gasteiger partial charge in [0, 0.05) is 25.2 Å². The van der Waals surface area contributed by atoms with E-state index in [1.54, 1.807) is 0 Å². The Morgan fingerprint density at radius 3 is 2.38 bits per heavy atom. The summed E-state index contributed by atoms with van der Waals surface area (Å²) in [6.45, 7) is 6.93. The van der Waals surface area contributed by atoms with Crippen molar-refractivity contribution in [3.8, 4) is 0 Å². The molecule has 2 atom stereocenters. The molecule has 0 saturated carbocycles. The maximum atomic E-state index is 12.1. The number of amides is 2. The highest BCUT2D eigenvalue weighted by Gasteiger charge is 2.30. The second-order valence-electron chi connectivity index (χ2n) is 7.74. The Balaban J connectivity index is 1.60. The van der Waals surface area contributed by atoms with Crippen molar-refractivity contribution in [2.45, 2.75) is 64.0 Å². The zero-order valence-electron chi connectivity index (χ0n) is 16.2. The number of hydrogen-bond donors (Lipinski definition) is 1. The Morgan fingerprint density at radius 2 is 1.81 bits per heavy atom. The van der Waals surface area contributed by atoms with Crippen molar-refractivity contribution in [2.75, 3.05) is 25.0 Å². The van der Waals surface area contributed by atoms with Crippen molar-refractivity contribution in [2.24, 2.45) is 0 Å². The molecule has 2 amide bonds. The fraction of sp³-hybridized carbons (Fsp3) is 0.619. The van der Waals surface area contributed by atoms with Crippen LogP contribution in [0.15, 0.2) is 24.3 Å². The summed E-state index contributed by atoms with van der Waals surface area (Å²) in [7, 11) is 1.93. The van der Waals surface area contributed by atoms with Crippen LogP contribution in [0, 0.1) is 0 Å². The molecule has 2 heterocycles. The first-order chi connectivity index (χ1) is 12.5. The van der Waals surface area contributed by atoms with Gasteiger partial charge in [0.05, 0.1) is 0 Å². The van der Waals surface area contributed by atoms with E-state index < -0.39 is 0 Å². The third-order valence-corrected chi connectivity index (χ3v) is 6.19. The van der Waals surface area contributed by atoms with Crippen LogP contribution >= 0.6 is 0 Å². The number of benzene rings is 1. The first kappa shape index (κ1) is 18.9. The summed E-state index contributed by atoms with van der Waals surface area (Å²) in [6.07, 6.45) is 4.63. The third kappa shape index (κ3) is 4.09. The molecule has 2 saturated heterocycles. The van der Waals surface area contributed by atoms with Crippen molar-refractivity contribution in [1.29, 1.82) is 0 Å². The van der Waals surface area contributed by atoms with Crippen molar-refractivity contribution in [3.63, 3.8) is 0 Å². The highest BCUT2D eigenvalue weighted by atomic mass is 16.2. The van der Waals surface area contributed by atoms with Crippen LogP contribution in [-0.2, 0) is 9.59 Å². The van der Waals surface area contributed by atoms with Gasteiger partial charge in [-0.25, -0.2) is 0 Å². The molecule has 1 aromatic rings. The lowest BCUT2D eigenvalue weighted by Gasteiger charge is -2.36. The van der Waals surface area contributed by atoms with Gasteiger partial charge in [-0.05, 0) is 69.3 Å². The fourth-order valence-electron chi connectivity index (χ4n) is 4.14. The minimum atomic E-state index is -0.266. The molecule has 2 fully saturated rings. The minimum Gasteiger partial charge on any atom is -0.363 e. The zero-order chi connectivity index (χ0) is 18.7. The van der Waals surface area contributed by atoms with Crippen molar-refractivity contribution >= 4 is 17.5 Å². The maximum Gasteiger partial charge on any atom is 0.249 e. The summed E-state index contributed by atoms with van der Waals surface area (Å²) in [4.78, 5) is 28.0. The Bertz CT molecular complexity index is 635. The van der Waals surface area contributed by atoms with Crippen LogP contribution in [0.25, 0.3) is 0 Å². The highest BCUT2D eigenvalue weighted by molar-refractivity contribution is 6.01. The van der Waals surface area contributed by atoms with E-state index in [1.807, 2.05) is 11.9 Å². The van der Waals surface area contributed by atoms with Crippen LogP contribution in [0.1, 0.15) is 57.4 Å². The highest BCUT2D eigenvalue weighted by Crippen LogP contribution is 2.31. The van der Waals surface area contributed by atoms with E-state index in [-0.39, 0.29) is 17.9 Å². The number of nitrogens with zero attached hydrogens (tertiary/aromatic N) is 2. The van der Waals surface area contributed by atoms with Gasteiger partial charge in [-0.2, -0.15) is 0 Å². The summed E-state index contributed by atoms with van der Waals surface area (Å²) in [5, 5.41) is 2.44. The molecular weight excluding hydrogens is 326 g/mol. The van der Waals surface area contributed by atoms with Gasteiger partial charge < -0.3 is 9.80 Å². The van der Waals surface area contributed by atoms with Crippen LogP contribution in [0.2, 0.25) is 0 Å². The van der Waals surface area contributed by atoms with Crippen LogP contribution in [-0.4, -0.2) is 48.9 Å². The number of likely N-dealkylation sites (N-methyl/N-ethyl adjacent to an activating group) is 1. The molecule has 0 spiro atoms. The van der Waals surface area contributed by atoms with Crippen molar-refractivity contribution < 1.29 is 9.59 Å². The van der Waals surface area contributed by atoms with Crippen molar-refractivity contribution in [1.82, 2.24) is 10.2 Å². The predicted molar refractivity (Wildman–Crippen MR) is 104 cm³/mol. The molecule has 0 aliphatic carbocycles. The van der Waals surface area contributed by atoms with E-state index in [0.29, 0.717) is 24.8 Å². The number of carbonyl (C=O) groups is 2. The Labute approximate surface area is 156 Å². The predicted octanol–water partition coefficient (Wildman–Crippen LogP) is 2.91.